The fourth-order valence-corrected chi connectivity index (χ4v) is 3.96. The van der Waals surface area contributed by atoms with E-state index in [1.807, 2.05) is 36.6 Å². The van der Waals surface area contributed by atoms with Crippen molar-refractivity contribution in [2.24, 2.45) is 0 Å². The highest BCUT2D eigenvalue weighted by Crippen LogP contribution is 2.30. The van der Waals surface area contributed by atoms with Gasteiger partial charge >= 0.3 is 0 Å². The number of rotatable bonds is 8. The molecule has 0 aliphatic rings. The molecule has 0 fully saturated rings. The SMILES string of the molecule is CCNC(=O)C(Cc1ccc(C(=O)Nc2cc(-c3cccs3)ccc2N)cc1)NC(C)=O. The second-order valence-corrected chi connectivity index (χ2v) is 8.23. The van der Waals surface area contributed by atoms with Crippen molar-refractivity contribution in [2.45, 2.75) is 26.3 Å². The molecular weight excluding hydrogens is 424 g/mol. The number of thiophene rings is 1. The van der Waals surface area contributed by atoms with Gasteiger partial charge in [0, 0.05) is 30.3 Å². The standard InChI is InChI=1S/C24H26N4O3S/c1-3-26-24(31)21(27-15(2)29)13-16-6-8-17(9-7-16)23(30)28-20-14-18(10-11-19(20)25)22-5-4-12-32-22/h4-12,14,21H,3,13,25H2,1-2H3,(H,26,31)(H,27,29)(H,28,30). The summed E-state index contributed by atoms with van der Waals surface area (Å²) in [5.74, 6) is -0.807. The number of amides is 3. The van der Waals surface area contributed by atoms with Gasteiger partial charge in [-0.15, -0.1) is 11.3 Å². The van der Waals surface area contributed by atoms with Gasteiger partial charge in [-0.1, -0.05) is 24.3 Å². The lowest BCUT2D eigenvalue weighted by Crippen LogP contribution is -2.47. The number of carbonyl (C=O) groups excluding carboxylic acids is 3. The highest BCUT2D eigenvalue weighted by molar-refractivity contribution is 7.13. The van der Waals surface area contributed by atoms with Gasteiger partial charge in [-0.2, -0.15) is 0 Å². The lowest BCUT2D eigenvalue weighted by Gasteiger charge is -2.17. The van der Waals surface area contributed by atoms with E-state index < -0.39 is 6.04 Å². The number of hydrogen-bond donors (Lipinski definition) is 4. The molecule has 1 unspecified atom stereocenters. The Morgan fingerprint density at radius 3 is 2.44 bits per heavy atom. The van der Waals surface area contributed by atoms with Crippen LogP contribution in [0.15, 0.2) is 60.0 Å². The molecule has 0 saturated carbocycles. The van der Waals surface area contributed by atoms with Crippen LogP contribution in [0.2, 0.25) is 0 Å². The lowest BCUT2D eigenvalue weighted by molar-refractivity contribution is -0.128. The Morgan fingerprint density at radius 2 is 1.81 bits per heavy atom. The molecule has 166 valence electrons. The summed E-state index contributed by atoms with van der Waals surface area (Å²) >= 11 is 1.61. The molecule has 2 aromatic carbocycles. The normalized spacial score (nSPS) is 11.4. The van der Waals surface area contributed by atoms with Crippen LogP contribution in [0.25, 0.3) is 10.4 Å². The summed E-state index contributed by atoms with van der Waals surface area (Å²) in [5.41, 5.74) is 9.35. The quantitative estimate of drug-likeness (QED) is 0.394. The van der Waals surface area contributed by atoms with Gasteiger partial charge in [0.25, 0.3) is 5.91 Å². The second-order valence-electron chi connectivity index (χ2n) is 7.28. The number of hydrogen-bond acceptors (Lipinski definition) is 5. The fourth-order valence-electron chi connectivity index (χ4n) is 3.24. The molecule has 1 aromatic heterocycles. The van der Waals surface area contributed by atoms with Crippen LogP contribution in [0.1, 0.15) is 29.8 Å². The maximum atomic E-state index is 12.8. The molecule has 3 aromatic rings. The van der Waals surface area contributed by atoms with Crippen LogP contribution in [0.4, 0.5) is 11.4 Å². The van der Waals surface area contributed by atoms with E-state index in [0.29, 0.717) is 29.9 Å². The molecule has 1 atom stereocenters. The predicted octanol–water partition coefficient (Wildman–Crippen LogP) is 3.43. The van der Waals surface area contributed by atoms with Gasteiger partial charge in [0.2, 0.25) is 11.8 Å². The maximum Gasteiger partial charge on any atom is 0.255 e. The average Bonchev–Trinajstić information content (AvgIpc) is 3.30. The molecule has 32 heavy (non-hydrogen) atoms. The van der Waals surface area contributed by atoms with Crippen molar-refractivity contribution >= 4 is 40.4 Å². The maximum absolute atomic E-state index is 12.8. The van der Waals surface area contributed by atoms with Crippen molar-refractivity contribution in [2.75, 3.05) is 17.6 Å². The number of carbonyl (C=O) groups is 3. The number of benzene rings is 2. The van der Waals surface area contributed by atoms with Crippen LogP contribution >= 0.6 is 11.3 Å². The first-order valence-electron chi connectivity index (χ1n) is 10.3. The van der Waals surface area contributed by atoms with E-state index in [4.69, 9.17) is 5.73 Å². The van der Waals surface area contributed by atoms with Crippen LogP contribution in [0.5, 0.6) is 0 Å². The number of anilines is 2. The van der Waals surface area contributed by atoms with Gasteiger partial charge in [0.05, 0.1) is 11.4 Å². The first-order chi connectivity index (χ1) is 15.4. The van der Waals surface area contributed by atoms with Gasteiger partial charge < -0.3 is 21.7 Å². The zero-order valence-corrected chi connectivity index (χ0v) is 18.8. The summed E-state index contributed by atoms with van der Waals surface area (Å²) in [6.07, 6.45) is 0.323. The zero-order chi connectivity index (χ0) is 23.1. The average molecular weight is 451 g/mol. The first kappa shape index (κ1) is 23.0. The van der Waals surface area contributed by atoms with Gasteiger partial charge in [0.15, 0.2) is 0 Å². The number of nitrogens with one attached hydrogen (secondary N) is 3. The Balaban J connectivity index is 1.70. The van der Waals surface area contributed by atoms with Gasteiger partial charge in [0.1, 0.15) is 6.04 Å². The molecule has 3 rings (SSSR count). The highest BCUT2D eigenvalue weighted by Gasteiger charge is 2.19. The fraction of sp³-hybridized carbons (Fsp3) is 0.208. The van der Waals surface area contributed by atoms with Gasteiger partial charge in [-0.05, 0) is 53.8 Å². The molecule has 0 aliphatic carbocycles. The van der Waals surface area contributed by atoms with Gasteiger partial charge in [-0.25, -0.2) is 0 Å². The van der Waals surface area contributed by atoms with Crippen LogP contribution in [-0.2, 0) is 16.0 Å². The molecule has 8 heteroatoms. The third-order valence-electron chi connectivity index (χ3n) is 4.81. The molecule has 0 bridgehead atoms. The van der Waals surface area contributed by atoms with Crippen molar-refractivity contribution < 1.29 is 14.4 Å². The molecular formula is C24H26N4O3S. The molecule has 0 radical (unpaired) electrons. The van der Waals surface area contributed by atoms with Crippen LogP contribution < -0.4 is 21.7 Å². The van der Waals surface area contributed by atoms with Crippen molar-refractivity contribution in [3.63, 3.8) is 0 Å². The van der Waals surface area contributed by atoms with Crippen molar-refractivity contribution in [3.8, 4) is 10.4 Å². The lowest BCUT2D eigenvalue weighted by atomic mass is 10.0. The van der Waals surface area contributed by atoms with E-state index in [0.717, 1.165) is 16.0 Å². The number of nitrogen functional groups attached to an aromatic ring is 1. The Hall–Kier alpha value is -3.65. The van der Waals surface area contributed by atoms with E-state index in [-0.39, 0.29) is 17.7 Å². The van der Waals surface area contributed by atoms with Crippen molar-refractivity contribution in [1.82, 2.24) is 10.6 Å². The summed E-state index contributed by atoms with van der Waals surface area (Å²) < 4.78 is 0. The highest BCUT2D eigenvalue weighted by atomic mass is 32.1. The minimum absolute atomic E-state index is 0.245. The van der Waals surface area contributed by atoms with Crippen molar-refractivity contribution in [3.05, 3.63) is 71.1 Å². The molecule has 0 saturated heterocycles. The summed E-state index contributed by atoms with van der Waals surface area (Å²) in [7, 11) is 0. The third kappa shape index (κ3) is 5.95. The molecule has 5 N–H and O–H groups in total. The molecule has 1 heterocycles. The zero-order valence-electron chi connectivity index (χ0n) is 18.0. The van der Waals surface area contributed by atoms with Crippen LogP contribution in [-0.4, -0.2) is 30.3 Å². The minimum atomic E-state index is -0.674. The van der Waals surface area contributed by atoms with E-state index in [1.54, 1.807) is 41.7 Å². The van der Waals surface area contributed by atoms with E-state index >= 15 is 0 Å². The smallest absolute Gasteiger partial charge is 0.255 e. The molecule has 7 nitrogen and oxygen atoms in total. The summed E-state index contributed by atoms with van der Waals surface area (Å²) in [6.45, 7) is 3.67. The number of likely N-dealkylation sites (N-methyl/N-ethyl adjacent to an activating group) is 1. The monoisotopic (exact) mass is 450 g/mol. The number of nitrogens with two attached hydrogens (primary N) is 1. The largest absolute Gasteiger partial charge is 0.397 e. The Morgan fingerprint density at radius 1 is 1.06 bits per heavy atom. The predicted molar refractivity (Wildman–Crippen MR) is 129 cm³/mol. The summed E-state index contributed by atoms with van der Waals surface area (Å²) in [6, 6.07) is 15.8. The van der Waals surface area contributed by atoms with E-state index in [9.17, 15) is 14.4 Å². The van der Waals surface area contributed by atoms with Crippen LogP contribution in [0.3, 0.4) is 0 Å². The Labute approximate surface area is 191 Å². The molecule has 0 spiro atoms. The van der Waals surface area contributed by atoms with E-state index in [1.165, 1.54) is 6.92 Å². The molecule has 0 aliphatic heterocycles. The summed E-state index contributed by atoms with van der Waals surface area (Å²) in [4.78, 5) is 37.5. The Bertz CT molecular complexity index is 1090. The first-order valence-corrected chi connectivity index (χ1v) is 11.1. The topological polar surface area (TPSA) is 113 Å². The second kappa shape index (κ2) is 10.6. The molecule has 3 amide bonds. The van der Waals surface area contributed by atoms with Crippen LogP contribution in [0, 0.1) is 0 Å². The van der Waals surface area contributed by atoms with Crippen molar-refractivity contribution in [1.29, 1.82) is 0 Å². The van der Waals surface area contributed by atoms with E-state index in [2.05, 4.69) is 16.0 Å². The summed E-state index contributed by atoms with van der Waals surface area (Å²) in [5, 5.41) is 10.2. The Kier molecular flexibility index (Phi) is 7.62. The van der Waals surface area contributed by atoms with Gasteiger partial charge in [-0.3, -0.25) is 14.4 Å². The third-order valence-corrected chi connectivity index (χ3v) is 5.73. The minimum Gasteiger partial charge on any atom is -0.397 e.